The normalized spacial score (nSPS) is 15.7. The molecular formula is C16H17ClF3N3OS. The molecule has 2 heterocycles. The van der Waals surface area contributed by atoms with Crippen LogP contribution in [0.5, 0.6) is 0 Å². The van der Waals surface area contributed by atoms with E-state index in [1.807, 2.05) is 0 Å². The molecule has 136 valence electrons. The van der Waals surface area contributed by atoms with Gasteiger partial charge in [0.25, 0.3) is 5.91 Å². The van der Waals surface area contributed by atoms with Crippen molar-refractivity contribution in [2.45, 2.75) is 44.4 Å². The van der Waals surface area contributed by atoms with Gasteiger partial charge in [-0.3, -0.25) is 9.48 Å². The van der Waals surface area contributed by atoms with Crippen LogP contribution in [0.3, 0.4) is 0 Å². The van der Waals surface area contributed by atoms with Gasteiger partial charge in [0.05, 0.1) is 15.8 Å². The van der Waals surface area contributed by atoms with Crippen molar-refractivity contribution in [3.05, 3.63) is 39.3 Å². The van der Waals surface area contributed by atoms with Gasteiger partial charge < -0.3 is 4.90 Å². The van der Waals surface area contributed by atoms with Gasteiger partial charge in [0.15, 0.2) is 5.69 Å². The maximum absolute atomic E-state index is 12.8. The molecule has 0 atom stereocenters. The minimum atomic E-state index is -4.46. The molecule has 0 aromatic carbocycles. The van der Waals surface area contributed by atoms with Crippen LogP contribution >= 0.6 is 22.9 Å². The molecule has 0 N–H and O–H groups in total. The average Bonchev–Trinajstić information content (AvgIpc) is 3.27. The van der Waals surface area contributed by atoms with E-state index in [1.165, 1.54) is 22.2 Å². The van der Waals surface area contributed by atoms with Gasteiger partial charge in [0, 0.05) is 18.8 Å². The molecule has 1 saturated carbocycles. The number of hydrogen-bond donors (Lipinski definition) is 0. The van der Waals surface area contributed by atoms with Crippen molar-refractivity contribution in [3.8, 4) is 0 Å². The predicted octanol–water partition coefficient (Wildman–Crippen LogP) is 4.70. The van der Waals surface area contributed by atoms with Gasteiger partial charge in [0.1, 0.15) is 0 Å². The van der Waals surface area contributed by atoms with Crippen LogP contribution in [-0.2, 0) is 12.7 Å². The van der Waals surface area contributed by atoms with E-state index in [0.717, 1.165) is 31.7 Å². The Labute approximate surface area is 152 Å². The van der Waals surface area contributed by atoms with Crippen molar-refractivity contribution >= 4 is 28.8 Å². The number of nitrogens with zero attached hydrogens (tertiary/aromatic N) is 3. The molecule has 0 aliphatic heterocycles. The number of alkyl halides is 3. The monoisotopic (exact) mass is 391 g/mol. The van der Waals surface area contributed by atoms with Crippen LogP contribution < -0.4 is 0 Å². The predicted molar refractivity (Wildman–Crippen MR) is 89.9 cm³/mol. The van der Waals surface area contributed by atoms with E-state index >= 15 is 0 Å². The molecular weight excluding hydrogens is 375 g/mol. The third kappa shape index (κ3) is 4.36. The molecule has 0 unspecified atom stereocenters. The zero-order valence-electron chi connectivity index (χ0n) is 13.3. The van der Waals surface area contributed by atoms with Gasteiger partial charge in [-0.25, -0.2) is 0 Å². The van der Waals surface area contributed by atoms with Crippen LogP contribution in [0.4, 0.5) is 13.2 Å². The second-order valence-electron chi connectivity index (χ2n) is 6.00. The second-order valence-corrected chi connectivity index (χ2v) is 7.72. The zero-order chi connectivity index (χ0) is 18.0. The Morgan fingerprint density at radius 2 is 2.04 bits per heavy atom. The SMILES string of the molecule is O=C(c1ccc(Cl)s1)N(CCn1ccc(C(F)(F)F)n1)C1CCCC1. The first-order chi connectivity index (χ1) is 11.8. The Morgan fingerprint density at radius 1 is 1.32 bits per heavy atom. The molecule has 2 aromatic rings. The van der Waals surface area contributed by atoms with E-state index in [0.29, 0.717) is 15.8 Å². The van der Waals surface area contributed by atoms with E-state index in [9.17, 15) is 18.0 Å². The summed E-state index contributed by atoms with van der Waals surface area (Å²) in [4.78, 5) is 15.1. The Hall–Kier alpha value is -1.54. The minimum Gasteiger partial charge on any atom is -0.333 e. The van der Waals surface area contributed by atoms with Crippen molar-refractivity contribution in [3.63, 3.8) is 0 Å². The lowest BCUT2D eigenvalue weighted by Gasteiger charge is -2.28. The highest BCUT2D eigenvalue weighted by Gasteiger charge is 2.34. The summed E-state index contributed by atoms with van der Waals surface area (Å²) in [5.41, 5.74) is -0.920. The summed E-state index contributed by atoms with van der Waals surface area (Å²) in [6.07, 6.45) is 0.775. The van der Waals surface area contributed by atoms with E-state index < -0.39 is 11.9 Å². The Kier molecular flexibility index (Phi) is 5.38. The molecule has 3 rings (SSSR count). The van der Waals surface area contributed by atoms with Gasteiger partial charge in [-0.1, -0.05) is 24.4 Å². The molecule has 2 aromatic heterocycles. The minimum absolute atomic E-state index is 0.117. The fourth-order valence-corrected chi connectivity index (χ4v) is 4.08. The van der Waals surface area contributed by atoms with Crippen LogP contribution in [0, 0.1) is 0 Å². The molecule has 25 heavy (non-hydrogen) atoms. The molecule has 0 radical (unpaired) electrons. The van der Waals surface area contributed by atoms with Crippen molar-refractivity contribution in [2.24, 2.45) is 0 Å². The van der Waals surface area contributed by atoms with Crippen LogP contribution in [-0.4, -0.2) is 33.2 Å². The summed E-state index contributed by atoms with van der Waals surface area (Å²) in [5, 5.41) is 3.55. The lowest BCUT2D eigenvalue weighted by atomic mass is 10.2. The van der Waals surface area contributed by atoms with Crippen LogP contribution in [0.25, 0.3) is 0 Å². The van der Waals surface area contributed by atoms with Crippen molar-refractivity contribution in [2.75, 3.05) is 6.54 Å². The second kappa shape index (κ2) is 7.37. The fraction of sp³-hybridized carbons (Fsp3) is 0.500. The highest BCUT2D eigenvalue weighted by Crippen LogP contribution is 2.29. The Morgan fingerprint density at radius 3 is 2.60 bits per heavy atom. The van der Waals surface area contributed by atoms with Crippen molar-refractivity contribution in [1.82, 2.24) is 14.7 Å². The lowest BCUT2D eigenvalue weighted by Crippen LogP contribution is -2.40. The quantitative estimate of drug-likeness (QED) is 0.740. The maximum atomic E-state index is 12.8. The summed E-state index contributed by atoms with van der Waals surface area (Å²) in [6, 6.07) is 4.43. The number of aromatic nitrogens is 2. The van der Waals surface area contributed by atoms with E-state index in [2.05, 4.69) is 5.10 Å². The third-order valence-electron chi connectivity index (χ3n) is 4.31. The first kappa shape index (κ1) is 18.3. The summed E-state index contributed by atoms with van der Waals surface area (Å²) in [7, 11) is 0. The van der Waals surface area contributed by atoms with E-state index in [1.54, 1.807) is 17.0 Å². The highest BCUT2D eigenvalue weighted by atomic mass is 35.5. The topological polar surface area (TPSA) is 38.1 Å². The maximum Gasteiger partial charge on any atom is 0.435 e. The smallest absolute Gasteiger partial charge is 0.333 e. The molecule has 1 fully saturated rings. The number of hydrogen-bond acceptors (Lipinski definition) is 3. The van der Waals surface area contributed by atoms with Gasteiger partial charge in [-0.15, -0.1) is 11.3 Å². The van der Waals surface area contributed by atoms with Gasteiger partial charge in [-0.05, 0) is 31.0 Å². The van der Waals surface area contributed by atoms with Crippen LogP contribution in [0.1, 0.15) is 41.0 Å². The molecule has 4 nitrogen and oxygen atoms in total. The summed E-state index contributed by atoms with van der Waals surface area (Å²) in [5.74, 6) is -0.119. The number of carbonyl (C=O) groups is 1. The largest absolute Gasteiger partial charge is 0.435 e. The van der Waals surface area contributed by atoms with Crippen LogP contribution in [0.2, 0.25) is 4.34 Å². The van der Waals surface area contributed by atoms with Gasteiger partial charge in [0.2, 0.25) is 0 Å². The first-order valence-electron chi connectivity index (χ1n) is 8.01. The van der Waals surface area contributed by atoms with Crippen molar-refractivity contribution in [1.29, 1.82) is 0 Å². The molecule has 0 bridgehead atoms. The standard InChI is InChI=1S/C16H17ClF3N3OS/c17-14-6-5-12(25-14)15(24)23(11-3-1-2-4-11)10-9-22-8-7-13(21-22)16(18,19)20/h5-8,11H,1-4,9-10H2. The molecule has 1 amide bonds. The summed E-state index contributed by atoms with van der Waals surface area (Å²) in [6.45, 7) is 0.537. The summed E-state index contributed by atoms with van der Waals surface area (Å²) >= 11 is 7.13. The summed E-state index contributed by atoms with van der Waals surface area (Å²) < 4.78 is 39.7. The Balaban J connectivity index is 1.72. The van der Waals surface area contributed by atoms with Crippen molar-refractivity contribution < 1.29 is 18.0 Å². The van der Waals surface area contributed by atoms with E-state index in [4.69, 9.17) is 11.6 Å². The molecule has 1 aliphatic rings. The fourth-order valence-electron chi connectivity index (χ4n) is 3.08. The van der Waals surface area contributed by atoms with Gasteiger partial charge >= 0.3 is 6.18 Å². The number of rotatable bonds is 5. The third-order valence-corrected chi connectivity index (χ3v) is 5.53. The molecule has 1 aliphatic carbocycles. The highest BCUT2D eigenvalue weighted by molar-refractivity contribution is 7.17. The first-order valence-corrected chi connectivity index (χ1v) is 9.21. The lowest BCUT2D eigenvalue weighted by molar-refractivity contribution is -0.141. The number of halogens is 4. The van der Waals surface area contributed by atoms with Crippen LogP contribution in [0.15, 0.2) is 24.4 Å². The van der Waals surface area contributed by atoms with E-state index in [-0.39, 0.29) is 18.5 Å². The van der Waals surface area contributed by atoms with Gasteiger partial charge in [-0.2, -0.15) is 18.3 Å². The average molecular weight is 392 g/mol. The Bertz CT molecular complexity index is 737. The number of thiophene rings is 1. The zero-order valence-corrected chi connectivity index (χ0v) is 14.9. The number of carbonyl (C=O) groups excluding carboxylic acids is 1. The number of amides is 1. The molecule has 0 spiro atoms. The molecule has 9 heteroatoms. The molecule has 0 saturated heterocycles.